The highest BCUT2D eigenvalue weighted by molar-refractivity contribution is 5.06. The minimum Gasteiger partial charge on any atom is -0.380 e. The van der Waals surface area contributed by atoms with Crippen molar-refractivity contribution in [1.82, 2.24) is 5.32 Å². The molecule has 0 spiro atoms. The molecule has 94 valence electrons. The first-order chi connectivity index (χ1) is 7.79. The SMILES string of the molecule is CC(C)CCOCCNCC1=CCCOC1. The molecule has 1 rings (SSSR count). The molecule has 0 aliphatic carbocycles. The zero-order valence-electron chi connectivity index (χ0n) is 10.6. The molecule has 1 heterocycles. The fourth-order valence-corrected chi connectivity index (χ4v) is 1.55. The van der Waals surface area contributed by atoms with E-state index in [0.717, 1.165) is 58.3 Å². The van der Waals surface area contributed by atoms with Crippen LogP contribution in [0.2, 0.25) is 0 Å². The van der Waals surface area contributed by atoms with Crippen molar-refractivity contribution < 1.29 is 9.47 Å². The van der Waals surface area contributed by atoms with Gasteiger partial charge in [0.25, 0.3) is 0 Å². The summed E-state index contributed by atoms with van der Waals surface area (Å²) < 4.78 is 10.9. The van der Waals surface area contributed by atoms with Gasteiger partial charge in [0.05, 0.1) is 19.8 Å². The lowest BCUT2D eigenvalue weighted by Gasteiger charge is -2.14. The molecule has 0 saturated carbocycles. The third kappa shape index (κ3) is 6.99. The van der Waals surface area contributed by atoms with Crippen molar-refractivity contribution in [1.29, 1.82) is 0 Å². The van der Waals surface area contributed by atoms with Crippen LogP contribution in [0.15, 0.2) is 11.6 Å². The molecular weight excluding hydrogens is 202 g/mol. The summed E-state index contributed by atoms with van der Waals surface area (Å²) in [5, 5.41) is 3.37. The van der Waals surface area contributed by atoms with Crippen LogP contribution in [0, 0.1) is 5.92 Å². The van der Waals surface area contributed by atoms with Gasteiger partial charge in [-0.05, 0) is 24.3 Å². The van der Waals surface area contributed by atoms with Gasteiger partial charge < -0.3 is 14.8 Å². The topological polar surface area (TPSA) is 30.5 Å². The van der Waals surface area contributed by atoms with E-state index in [1.807, 2.05) is 0 Å². The highest BCUT2D eigenvalue weighted by Crippen LogP contribution is 2.03. The van der Waals surface area contributed by atoms with Crippen LogP contribution in [-0.4, -0.2) is 39.5 Å². The molecule has 0 amide bonds. The lowest BCUT2D eigenvalue weighted by atomic mass is 10.1. The molecule has 0 fully saturated rings. The Labute approximate surface area is 99.2 Å². The molecule has 3 heteroatoms. The largest absolute Gasteiger partial charge is 0.380 e. The van der Waals surface area contributed by atoms with Crippen LogP contribution >= 0.6 is 0 Å². The number of hydrogen-bond donors (Lipinski definition) is 1. The van der Waals surface area contributed by atoms with Crippen molar-refractivity contribution in [3.05, 3.63) is 11.6 Å². The fourth-order valence-electron chi connectivity index (χ4n) is 1.55. The first-order valence-corrected chi connectivity index (χ1v) is 6.33. The summed E-state index contributed by atoms with van der Waals surface area (Å²) >= 11 is 0. The number of rotatable bonds is 8. The first-order valence-electron chi connectivity index (χ1n) is 6.33. The summed E-state index contributed by atoms with van der Waals surface area (Å²) in [6.07, 6.45) is 4.48. The van der Waals surface area contributed by atoms with Gasteiger partial charge in [-0.2, -0.15) is 0 Å². The van der Waals surface area contributed by atoms with Gasteiger partial charge in [-0.1, -0.05) is 19.9 Å². The maximum absolute atomic E-state index is 5.52. The van der Waals surface area contributed by atoms with Gasteiger partial charge in [-0.25, -0.2) is 0 Å². The third-order valence-corrected chi connectivity index (χ3v) is 2.60. The quantitative estimate of drug-likeness (QED) is 0.508. The van der Waals surface area contributed by atoms with Crippen LogP contribution in [-0.2, 0) is 9.47 Å². The van der Waals surface area contributed by atoms with Crippen molar-refractivity contribution >= 4 is 0 Å². The van der Waals surface area contributed by atoms with E-state index in [9.17, 15) is 0 Å². The van der Waals surface area contributed by atoms with E-state index in [0.29, 0.717) is 0 Å². The summed E-state index contributed by atoms with van der Waals surface area (Å²) in [5.41, 5.74) is 1.37. The molecular formula is C13H25NO2. The molecule has 0 radical (unpaired) electrons. The third-order valence-electron chi connectivity index (χ3n) is 2.60. The van der Waals surface area contributed by atoms with E-state index >= 15 is 0 Å². The van der Waals surface area contributed by atoms with E-state index < -0.39 is 0 Å². The molecule has 3 nitrogen and oxygen atoms in total. The van der Waals surface area contributed by atoms with Gasteiger partial charge in [0.2, 0.25) is 0 Å². The van der Waals surface area contributed by atoms with Crippen molar-refractivity contribution in [3.63, 3.8) is 0 Å². The second-order valence-corrected chi connectivity index (χ2v) is 4.68. The molecule has 1 aliphatic rings. The molecule has 1 N–H and O–H groups in total. The van der Waals surface area contributed by atoms with E-state index in [1.54, 1.807) is 0 Å². The average molecular weight is 227 g/mol. The molecule has 0 aromatic carbocycles. The Bertz CT molecular complexity index is 202. The predicted octanol–water partition coefficient (Wildman–Crippen LogP) is 1.99. The maximum Gasteiger partial charge on any atom is 0.0689 e. The average Bonchev–Trinajstić information content (AvgIpc) is 2.29. The highest BCUT2D eigenvalue weighted by Gasteiger charge is 2.02. The van der Waals surface area contributed by atoms with E-state index in [4.69, 9.17) is 9.47 Å². The lowest BCUT2D eigenvalue weighted by molar-refractivity contribution is 0.124. The Morgan fingerprint density at radius 1 is 1.44 bits per heavy atom. The van der Waals surface area contributed by atoms with Gasteiger partial charge in [0.1, 0.15) is 0 Å². The molecule has 0 aromatic heterocycles. The summed E-state index contributed by atoms with van der Waals surface area (Å²) in [4.78, 5) is 0. The Morgan fingerprint density at radius 2 is 2.31 bits per heavy atom. The van der Waals surface area contributed by atoms with Gasteiger partial charge >= 0.3 is 0 Å². The number of nitrogens with one attached hydrogen (secondary N) is 1. The second-order valence-electron chi connectivity index (χ2n) is 4.68. The highest BCUT2D eigenvalue weighted by atomic mass is 16.5. The zero-order valence-corrected chi connectivity index (χ0v) is 10.6. The van der Waals surface area contributed by atoms with Crippen LogP contribution in [0.3, 0.4) is 0 Å². The van der Waals surface area contributed by atoms with Crippen LogP contribution in [0.5, 0.6) is 0 Å². The van der Waals surface area contributed by atoms with Crippen molar-refractivity contribution in [2.45, 2.75) is 26.7 Å². The maximum atomic E-state index is 5.52. The summed E-state index contributed by atoms with van der Waals surface area (Å²) in [7, 11) is 0. The molecule has 0 bridgehead atoms. The van der Waals surface area contributed by atoms with Gasteiger partial charge in [0.15, 0.2) is 0 Å². The molecule has 1 aliphatic heterocycles. The first kappa shape index (κ1) is 13.7. The molecule has 0 aromatic rings. The lowest BCUT2D eigenvalue weighted by Crippen LogP contribution is -2.25. The van der Waals surface area contributed by atoms with Gasteiger partial charge in [0, 0.05) is 19.7 Å². The van der Waals surface area contributed by atoms with E-state index in [1.165, 1.54) is 5.57 Å². The molecule has 0 saturated heterocycles. The Morgan fingerprint density at radius 3 is 3.00 bits per heavy atom. The predicted molar refractivity (Wildman–Crippen MR) is 66.7 cm³/mol. The van der Waals surface area contributed by atoms with Crippen molar-refractivity contribution in [2.24, 2.45) is 5.92 Å². The number of hydrogen-bond acceptors (Lipinski definition) is 3. The van der Waals surface area contributed by atoms with Crippen LogP contribution in [0.4, 0.5) is 0 Å². The molecule has 0 atom stereocenters. The standard InChI is InChI=1S/C13H25NO2/c1-12(2)5-8-15-9-6-14-10-13-4-3-7-16-11-13/h4,12,14H,3,5-11H2,1-2H3. The van der Waals surface area contributed by atoms with Crippen molar-refractivity contribution in [2.75, 3.05) is 39.5 Å². The van der Waals surface area contributed by atoms with Crippen LogP contribution in [0.25, 0.3) is 0 Å². The normalized spacial score (nSPS) is 16.6. The van der Waals surface area contributed by atoms with Crippen LogP contribution in [0.1, 0.15) is 26.7 Å². The zero-order chi connectivity index (χ0) is 11.6. The van der Waals surface area contributed by atoms with E-state index in [-0.39, 0.29) is 0 Å². The minimum atomic E-state index is 0.734. The number of ether oxygens (including phenoxy) is 2. The monoisotopic (exact) mass is 227 g/mol. The fraction of sp³-hybridized carbons (Fsp3) is 0.846. The van der Waals surface area contributed by atoms with E-state index in [2.05, 4.69) is 25.2 Å². The Hall–Kier alpha value is -0.380. The minimum absolute atomic E-state index is 0.734. The Balaban J connectivity index is 1.86. The summed E-state index contributed by atoms with van der Waals surface area (Å²) in [6, 6.07) is 0. The molecule has 16 heavy (non-hydrogen) atoms. The van der Waals surface area contributed by atoms with Gasteiger partial charge in [-0.3, -0.25) is 0 Å². The van der Waals surface area contributed by atoms with Gasteiger partial charge in [-0.15, -0.1) is 0 Å². The molecule has 0 unspecified atom stereocenters. The Kier molecular flexibility index (Phi) is 7.47. The second kappa shape index (κ2) is 8.74. The summed E-state index contributed by atoms with van der Waals surface area (Å²) in [5.74, 6) is 0.734. The van der Waals surface area contributed by atoms with Crippen LogP contribution < -0.4 is 5.32 Å². The summed E-state index contributed by atoms with van der Waals surface area (Å²) in [6.45, 7) is 9.66. The smallest absolute Gasteiger partial charge is 0.0689 e. The van der Waals surface area contributed by atoms with Crippen molar-refractivity contribution in [3.8, 4) is 0 Å².